The summed E-state index contributed by atoms with van der Waals surface area (Å²) in [5.74, 6) is 0.694. The van der Waals surface area contributed by atoms with Gasteiger partial charge in [0.15, 0.2) is 10.8 Å². The number of nitrogens with zero attached hydrogens (tertiary/aromatic N) is 4. The fourth-order valence-corrected chi connectivity index (χ4v) is 3.76. The lowest BCUT2D eigenvalue weighted by atomic mass is 10.3. The Labute approximate surface area is 137 Å². The van der Waals surface area contributed by atoms with E-state index >= 15 is 0 Å². The van der Waals surface area contributed by atoms with Gasteiger partial charge in [0.1, 0.15) is 5.69 Å². The van der Waals surface area contributed by atoms with Crippen molar-refractivity contribution < 1.29 is 9.21 Å². The first kappa shape index (κ1) is 14.2. The summed E-state index contributed by atoms with van der Waals surface area (Å²) in [6.07, 6.45) is 6.25. The first-order valence-electron chi connectivity index (χ1n) is 7.52. The number of likely N-dealkylation sites (tertiary alicyclic amines) is 1. The van der Waals surface area contributed by atoms with Gasteiger partial charge in [-0.25, -0.2) is 4.98 Å². The maximum absolute atomic E-state index is 12.8. The van der Waals surface area contributed by atoms with Crippen molar-refractivity contribution in [3.05, 3.63) is 47.4 Å². The van der Waals surface area contributed by atoms with Gasteiger partial charge in [0.05, 0.1) is 12.3 Å². The van der Waals surface area contributed by atoms with E-state index in [9.17, 15) is 4.79 Å². The number of rotatable bonds is 3. The molecule has 1 amide bonds. The van der Waals surface area contributed by atoms with Crippen LogP contribution in [0.5, 0.6) is 0 Å². The normalized spacial score (nSPS) is 17.8. The molecule has 0 aliphatic carbocycles. The Morgan fingerprint density at radius 2 is 2.35 bits per heavy atom. The molecule has 118 valence electrons. The van der Waals surface area contributed by atoms with Gasteiger partial charge in [-0.15, -0.1) is 11.3 Å². The van der Waals surface area contributed by atoms with Crippen LogP contribution in [0, 0.1) is 6.92 Å². The molecule has 0 saturated carbocycles. The summed E-state index contributed by atoms with van der Waals surface area (Å²) >= 11 is 1.49. The molecule has 1 atom stereocenters. The monoisotopic (exact) mass is 328 g/mol. The molecule has 0 N–H and O–H groups in total. The number of hydrogen-bond acceptors (Lipinski definition) is 5. The van der Waals surface area contributed by atoms with Crippen LogP contribution in [0.25, 0.3) is 10.8 Å². The van der Waals surface area contributed by atoms with E-state index in [0.717, 1.165) is 22.9 Å². The summed E-state index contributed by atoms with van der Waals surface area (Å²) < 4.78 is 7.30. The number of amides is 1. The summed E-state index contributed by atoms with van der Waals surface area (Å²) in [6.45, 7) is 3.34. The smallest absolute Gasteiger partial charge is 0.273 e. The Kier molecular flexibility index (Phi) is 3.49. The molecule has 4 heterocycles. The van der Waals surface area contributed by atoms with Crippen molar-refractivity contribution in [2.45, 2.75) is 19.4 Å². The van der Waals surface area contributed by atoms with Gasteiger partial charge in [0, 0.05) is 30.4 Å². The molecule has 0 radical (unpaired) electrons. The van der Waals surface area contributed by atoms with E-state index in [1.165, 1.54) is 11.3 Å². The lowest BCUT2D eigenvalue weighted by Gasteiger charge is -2.15. The van der Waals surface area contributed by atoms with Crippen LogP contribution in [-0.4, -0.2) is 38.7 Å². The zero-order valence-corrected chi connectivity index (χ0v) is 13.5. The van der Waals surface area contributed by atoms with Crippen molar-refractivity contribution in [1.82, 2.24) is 19.7 Å². The van der Waals surface area contributed by atoms with Crippen molar-refractivity contribution >= 4 is 17.2 Å². The van der Waals surface area contributed by atoms with Gasteiger partial charge in [0.2, 0.25) is 0 Å². The first-order chi connectivity index (χ1) is 11.2. The summed E-state index contributed by atoms with van der Waals surface area (Å²) in [7, 11) is 0. The number of thiazole rings is 1. The van der Waals surface area contributed by atoms with Crippen LogP contribution in [0.2, 0.25) is 0 Å². The van der Waals surface area contributed by atoms with Crippen molar-refractivity contribution in [3.63, 3.8) is 0 Å². The zero-order chi connectivity index (χ0) is 15.8. The van der Waals surface area contributed by atoms with Crippen LogP contribution in [0.4, 0.5) is 0 Å². The van der Waals surface area contributed by atoms with Crippen LogP contribution in [0.15, 0.2) is 41.3 Å². The molecule has 3 aromatic heterocycles. The lowest BCUT2D eigenvalue weighted by molar-refractivity contribution is 0.0781. The standard InChI is InChI=1S/C16H16N4O2S/c1-11-14(18-15(23-11)13-4-2-9-22-13)16(21)19-8-5-12(10-19)20-7-3-6-17-20/h2-4,6-7,9,12H,5,8,10H2,1H3. The number of aryl methyl sites for hydroxylation is 1. The Morgan fingerprint density at radius 3 is 3.09 bits per heavy atom. The van der Waals surface area contributed by atoms with Crippen LogP contribution >= 0.6 is 11.3 Å². The molecule has 6 nitrogen and oxygen atoms in total. The van der Waals surface area contributed by atoms with Gasteiger partial charge < -0.3 is 9.32 Å². The number of furan rings is 1. The summed E-state index contributed by atoms with van der Waals surface area (Å²) in [6, 6.07) is 5.83. The van der Waals surface area contributed by atoms with Crippen molar-refractivity contribution in [2.75, 3.05) is 13.1 Å². The van der Waals surface area contributed by atoms with Gasteiger partial charge in [-0.1, -0.05) is 0 Å². The molecule has 7 heteroatoms. The fourth-order valence-electron chi connectivity index (χ4n) is 2.89. The summed E-state index contributed by atoms with van der Waals surface area (Å²) in [4.78, 5) is 20.1. The highest BCUT2D eigenvalue weighted by atomic mass is 32.1. The maximum atomic E-state index is 12.8. The van der Waals surface area contributed by atoms with E-state index in [-0.39, 0.29) is 11.9 Å². The molecule has 1 fully saturated rings. The van der Waals surface area contributed by atoms with Gasteiger partial charge in [-0.3, -0.25) is 9.48 Å². The molecule has 0 aromatic carbocycles. The quantitative estimate of drug-likeness (QED) is 0.741. The lowest BCUT2D eigenvalue weighted by Crippen LogP contribution is -2.30. The molecule has 4 rings (SSSR count). The zero-order valence-electron chi connectivity index (χ0n) is 12.7. The largest absolute Gasteiger partial charge is 0.462 e. The van der Waals surface area contributed by atoms with E-state index in [4.69, 9.17) is 4.42 Å². The third-order valence-electron chi connectivity index (χ3n) is 4.08. The highest BCUT2D eigenvalue weighted by molar-refractivity contribution is 7.15. The minimum Gasteiger partial charge on any atom is -0.462 e. The van der Waals surface area contributed by atoms with Crippen LogP contribution in [0.3, 0.4) is 0 Å². The van der Waals surface area contributed by atoms with E-state index in [1.54, 1.807) is 12.5 Å². The second kappa shape index (κ2) is 5.66. The number of hydrogen-bond donors (Lipinski definition) is 0. The SMILES string of the molecule is Cc1sc(-c2ccco2)nc1C(=O)N1CCC(n2cccn2)C1. The van der Waals surface area contributed by atoms with Crippen molar-refractivity contribution in [1.29, 1.82) is 0 Å². The second-order valence-electron chi connectivity index (χ2n) is 5.58. The Balaban J connectivity index is 1.54. The molecular weight excluding hydrogens is 312 g/mol. The van der Waals surface area contributed by atoms with E-state index in [1.807, 2.05) is 40.9 Å². The van der Waals surface area contributed by atoms with Crippen LogP contribution in [-0.2, 0) is 0 Å². The second-order valence-corrected chi connectivity index (χ2v) is 6.78. The van der Waals surface area contributed by atoms with Gasteiger partial charge in [-0.05, 0) is 31.5 Å². The van der Waals surface area contributed by atoms with Crippen LogP contribution in [0.1, 0.15) is 27.8 Å². The molecule has 1 unspecified atom stereocenters. The van der Waals surface area contributed by atoms with Crippen LogP contribution < -0.4 is 0 Å². The predicted molar refractivity (Wildman–Crippen MR) is 86.3 cm³/mol. The minimum absolute atomic E-state index is 0.00814. The molecule has 1 saturated heterocycles. The predicted octanol–water partition coefficient (Wildman–Crippen LogP) is 3.00. The van der Waals surface area contributed by atoms with Crippen molar-refractivity contribution in [2.24, 2.45) is 0 Å². The fraction of sp³-hybridized carbons (Fsp3) is 0.312. The average molecular weight is 328 g/mol. The third-order valence-corrected chi connectivity index (χ3v) is 5.07. The van der Waals surface area contributed by atoms with Gasteiger partial charge >= 0.3 is 0 Å². The van der Waals surface area contributed by atoms with Crippen molar-refractivity contribution in [3.8, 4) is 10.8 Å². The van der Waals surface area contributed by atoms with Gasteiger partial charge in [0.25, 0.3) is 5.91 Å². The molecule has 23 heavy (non-hydrogen) atoms. The topological polar surface area (TPSA) is 64.2 Å². The first-order valence-corrected chi connectivity index (χ1v) is 8.34. The minimum atomic E-state index is -0.00814. The maximum Gasteiger partial charge on any atom is 0.273 e. The number of aromatic nitrogens is 3. The molecule has 1 aliphatic rings. The van der Waals surface area contributed by atoms with Gasteiger partial charge in [-0.2, -0.15) is 5.10 Å². The molecular formula is C16H16N4O2S. The highest BCUT2D eigenvalue weighted by Gasteiger charge is 2.30. The molecule has 1 aliphatic heterocycles. The van der Waals surface area contributed by atoms with E-state index in [2.05, 4.69) is 10.1 Å². The molecule has 0 bridgehead atoms. The third kappa shape index (κ3) is 2.57. The molecule has 3 aromatic rings. The summed E-state index contributed by atoms with van der Waals surface area (Å²) in [5.41, 5.74) is 0.530. The number of carbonyl (C=O) groups is 1. The number of carbonyl (C=O) groups excluding carboxylic acids is 1. The van der Waals surface area contributed by atoms with E-state index < -0.39 is 0 Å². The Bertz CT molecular complexity index is 807. The average Bonchev–Trinajstić information content (AvgIpc) is 3.31. The summed E-state index contributed by atoms with van der Waals surface area (Å²) in [5, 5.41) is 5.02. The Hall–Kier alpha value is -2.41. The Morgan fingerprint density at radius 1 is 1.43 bits per heavy atom. The van der Waals surface area contributed by atoms with E-state index in [0.29, 0.717) is 18.0 Å². The molecule has 0 spiro atoms. The highest BCUT2D eigenvalue weighted by Crippen LogP contribution is 2.30.